The van der Waals surface area contributed by atoms with E-state index >= 15 is 0 Å². The van der Waals surface area contributed by atoms with E-state index in [1.165, 1.54) is 69.3 Å². The molecule has 1 saturated heterocycles. The Hall–Kier alpha value is -1.68. The summed E-state index contributed by atoms with van der Waals surface area (Å²) in [5.74, 6) is 1.83. The van der Waals surface area contributed by atoms with Gasteiger partial charge in [-0.3, -0.25) is 4.98 Å². The van der Waals surface area contributed by atoms with E-state index in [2.05, 4.69) is 38.5 Å². The van der Waals surface area contributed by atoms with Crippen LogP contribution in [0.15, 0.2) is 30.7 Å². The third-order valence-electron chi connectivity index (χ3n) is 6.08. The minimum absolute atomic E-state index is 0.740. The summed E-state index contributed by atoms with van der Waals surface area (Å²) in [5, 5.41) is 0. The van der Waals surface area contributed by atoms with Crippen molar-refractivity contribution in [2.75, 3.05) is 13.1 Å². The van der Waals surface area contributed by atoms with Crippen molar-refractivity contribution in [1.82, 2.24) is 19.4 Å². The first-order valence-corrected chi connectivity index (χ1v) is 9.98. The molecule has 0 N–H and O–H groups in total. The average Bonchev–Trinajstić information content (AvgIpc) is 3.04. The van der Waals surface area contributed by atoms with Crippen molar-refractivity contribution in [3.63, 3.8) is 0 Å². The summed E-state index contributed by atoms with van der Waals surface area (Å²) in [4.78, 5) is 11.6. The highest BCUT2D eigenvalue weighted by atomic mass is 15.2. The van der Waals surface area contributed by atoms with Crippen LogP contribution in [0.25, 0.3) is 11.4 Å². The zero-order valence-corrected chi connectivity index (χ0v) is 15.4. The molecule has 4 rings (SSSR count). The summed E-state index contributed by atoms with van der Waals surface area (Å²) in [5.41, 5.74) is 2.43. The molecule has 4 heteroatoms. The largest absolute Gasteiger partial charge is 0.328 e. The predicted molar refractivity (Wildman–Crippen MR) is 101 cm³/mol. The molecule has 1 atom stereocenters. The van der Waals surface area contributed by atoms with E-state index in [0.717, 1.165) is 24.3 Å². The Morgan fingerprint density at radius 2 is 1.84 bits per heavy atom. The van der Waals surface area contributed by atoms with Crippen molar-refractivity contribution in [2.24, 2.45) is 5.92 Å². The fraction of sp³-hybridized carbons (Fsp3) is 0.619. The second-order valence-electron chi connectivity index (χ2n) is 7.86. The Balaban J connectivity index is 1.47. The fourth-order valence-electron chi connectivity index (χ4n) is 4.71. The molecule has 3 heterocycles. The van der Waals surface area contributed by atoms with Crippen molar-refractivity contribution in [1.29, 1.82) is 0 Å². The summed E-state index contributed by atoms with van der Waals surface area (Å²) >= 11 is 0. The van der Waals surface area contributed by atoms with Crippen LogP contribution in [0.2, 0.25) is 0 Å². The summed E-state index contributed by atoms with van der Waals surface area (Å²) < 4.78 is 2.42. The molecule has 0 amide bonds. The molecule has 4 nitrogen and oxygen atoms in total. The van der Waals surface area contributed by atoms with Gasteiger partial charge in [0.1, 0.15) is 5.82 Å². The smallest absolute Gasteiger partial charge is 0.140 e. The van der Waals surface area contributed by atoms with E-state index < -0.39 is 0 Å². The van der Waals surface area contributed by atoms with Gasteiger partial charge < -0.3 is 9.47 Å². The summed E-state index contributed by atoms with van der Waals surface area (Å²) in [6.07, 6.45) is 15.5. The van der Waals surface area contributed by atoms with Gasteiger partial charge in [-0.1, -0.05) is 19.3 Å². The van der Waals surface area contributed by atoms with Crippen LogP contribution in [0.1, 0.15) is 50.6 Å². The topological polar surface area (TPSA) is 34.0 Å². The Morgan fingerprint density at radius 3 is 2.64 bits per heavy atom. The van der Waals surface area contributed by atoms with Gasteiger partial charge in [0.2, 0.25) is 0 Å². The molecule has 2 aliphatic rings. The average molecular weight is 338 g/mol. The molecule has 1 aliphatic carbocycles. The van der Waals surface area contributed by atoms with Crippen LogP contribution in [-0.4, -0.2) is 38.6 Å². The van der Waals surface area contributed by atoms with Crippen LogP contribution < -0.4 is 0 Å². The van der Waals surface area contributed by atoms with Crippen LogP contribution >= 0.6 is 0 Å². The normalized spacial score (nSPS) is 23.0. The highest BCUT2D eigenvalue weighted by molar-refractivity contribution is 5.55. The molecule has 2 aromatic heterocycles. The second-order valence-corrected chi connectivity index (χ2v) is 7.86. The third kappa shape index (κ3) is 3.79. The molecule has 0 aromatic carbocycles. The molecule has 1 aliphatic heterocycles. The molecule has 0 spiro atoms. The van der Waals surface area contributed by atoms with Crippen molar-refractivity contribution in [3.8, 4) is 11.4 Å². The minimum Gasteiger partial charge on any atom is -0.328 e. The number of rotatable bonds is 4. The van der Waals surface area contributed by atoms with Crippen molar-refractivity contribution >= 4 is 0 Å². The third-order valence-corrected chi connectivity index (χ3v) is 6.08. The number of pyridine rings is 1. The van der Waals surface area contributed by atoms with Crippen LogP contribution in [0, 0.1) is 12.8 Å². The summed E-state index contributed by atoms with van der Waals surface area (Å²) in [6, 6.07) is 4.97. The lowest BCUT2D eigenvalue weighted by atomic mass is 9.90. The maximum atomic E-state index is 4.68. The second kappa shape index (κ2) is 7.69. The number of aryl methyl sites for hydroxylation is 1. The standard InChI is InChI=1S/C21H30N4/c1-17-14-23-21(19-9-11-22-12-10-19)25(17)16-18-6-5-13-24(15-18)20-7-3-2-4-8-20/h9-12,14,18,20H,2-8,13,15-16H2,1H3. The quantitative estimate of drug-likeness (QED) is 0.833. The van der Waals surface area contributed by atoms with Gasteiger partial charge in [-0.25, -0.2) is 4.98 Å². The molecule has 1 saturated carbocycles. The summed E-state index contributed by atoms with van der Waals surface area (Å²) in [6.45, 7) is 5.84. The maximum Gasteiger partial charge on any atom is 0.140 e. The first kappa shape index (κ1) is 16.8. The molecule has 0 bridgehead atoms. The molecule has 134 valence electrons. The monoisotopic (exact) mass is 338 g/mol. The molecular weight excluding hydrogens is 308 g/mol. The number of nitrogens with zero attached hydrogens (tertiary/aromatic N) is 4. The summed E-state index contributed by atoms with van der Waals surface area (Å²) in [7, 11) is 0. The molecule has 1 unspecified atom stereocenters. The highest BCUT2D eigenvalue weighted by Gasteiger charge is 2.27. The lowest BCUT2D eigenvalue weighted by Crippen LogP contribution is -2.44. The van der Waals surface area contributed by atoms with E-state index in [1.807, 2.05) is 18.6 Å². The van der Waals surface area contributed by atoms with E-state index in [9.17, 15) is 0 Å². The van der Waals surface area contributed by atoms with Gasteiger partial charge in [0.25, 0.3) is 0 Å². The molecule has 25 heavy (non-hydrogen) atoms. The number of hydrogen-bond acceptors (Lipinski definition) is 3. The van der Waals surface area contributed by atoms with Gasteiger partial charge in [-0.05, 0) is 57.2 Å². The van der Waals surface area contributed by atoms with E-state index in [4.69, 9.17) is 0 Å². The lowest BCUT2D eigenvalue weighted by molar-refractivity contribution is 0.0924. The van der Waals surface area contributed by atoms with Gasteiger partial charge in [-0.15, -0.1) is 0 Å². The van der Waals surface area contributed by atoms with Gasteiger partial charge >= 0.3 is 0 Å². The van der Waals surface area contributed by atoms with Gasteiger partial charge in [0, 0.05) is 49.0 Å². The number of aromatic nitrogens is 3. The van der Waals surface area contributed by atoms with Crippen LogP contribution in [0.3, 0.4) is 0 Å². The van der Waals surface area contributed by atoms with E-state index in [-0.39, 0.29) is 0 Å². The van der Waals surface area contributed by atoms with Gasteiger partial charge in [0.15, 0.2) is 0 Å². The lowest BCUT2D eigenvalue weighted by Gasteiger charge is -2.40. The number of hydrogen-bond donors (Lipinski definition) is 0. The van der Waals surface area contributed by atoms with Crippen LogP contribution in [0.4, 0.5) is 0 Å². The van der Waals surface area contributed by atoms with Crippen molar-refractivity contribution < 1.29 is 0 Å². The first-order chi connectivity index (χ1) is 12.3. The van der Waals surface area contributed by atoms with Crippen molar-refractivity contribution in [3.05, 3.63) is 36.4 Å². The van der Waals surface area contributed by atoms with Crippen molar-refractivity contribution in [2.45, 2.75) is 64.5 Å². The molecule has 2 aromatic rings. The number of piperidine rings is 1. The zero-order valence-electron chi connectivity index (χ0n) is 15.4. The Labute approximate surface area is 151 Å². The predicted octanol–water partition coefficient (Wildman–Crippen LogP) is 4.30. The highest BCUT2D eigenvalue weighted by Crippen LogP contribution is 2.29. The fourth-order valence-corrected chi connectivity index (χ4v) is 4.71. The Kier molecular flexibility index (Phi) is 5.16. The van der Waals surface area contributed by atoms with Crippen LogP contribution in [-0.2, 0) is 6.54 Å². The molecule has 2 fully saturated rings. The van der Waals surface area contributed by atoms with E-state index in [0.29, 0.717) is 0 Å². The van der Waals surface area contributed by atoms with Gasteiger partial charge in [-0.2, -0.15) is 0 Å². The van der Waals surface area contributed by atoms with Gasteiger partial charge in [0.05, 0.1) is 0 Å². The first-order valence-electron chi connectivity index (χ1n) is 9.98. The SMILES string of the molecule is Cc1cnc(-c2ccncc2)n1CC1CCCN(C2CCCCC2)C1. The molecular formula is C21H30N4. The number of likely N-dealkylation sites (tertiary alicyclic amines) is 1. The minimum atomic E-state index is 0.740. The van der Waals surface area contributed by atoms with E-state index in [1.54, 1.807) is 0 Å². The Bertz CT molecular complexity index is 672. The zero-order chi connectivity index (χ0) is 17.1. The maximum absolute atomic E-state index is 4.68. The Morgan fingerprint density at radius 1 is 1.04 bits per heavy atom. The van der Waals surface area contributed by atoms with Crippen LogP contribution in [0.5, 0.6) is 0 Å². The molecule has 0 radical (unpaired) electrons. The number of imidazole rings is 1.